The largest absolute Gasteiger partial charge is 0.352 e. The maximum atomic E-state index is 13.4. The summed E-state index contributed by atoms with van der Waals surface area (Å²) in [5.74, 6) is -0.382. The molecule has 2 aromatic carbocycles. The third kappa shape index (κ3) is 8.54. The summed E-state index contributed by atoms with van der Waals surface area (Å²) in [6, 6.07) is 13.6. The summed E-state index contributed by atoms with van der Waals surface area (Å²) in [6.07, 6.45) is 2.02. The van der Waals surface area contributed by atoms with Crippen molar-refractivity contribution >= 4 is 39.1 Å². The van der Waals surface area contributed by atoms with Crippen LogP contribution < -0.4 is 9.62 Å². The topological polar surface area (TPSA) is 86.8 Å². The molecular formula is C26H36ClN3O4S. The number of carbonyl (C=O) groups is 2. The Labute approximate surface area is 214 Å². The van der Waals surface area contributed by atoms with E-state index in [4.69, 9.17) is 11.6 Å². The summed E-state index contributed by atoms with van der Waals surface area (Å²) in [5, 5.41) is 3.43. The molecule has 2 rings (SSSR count). The Morgan fingerprint density at radius 3 is 2.23 bits per heavy atom. The first-order valence-electron chi connectivity index (χ1n) is 11.8. The van der Waals surface area contributed by atoms with Gasteiger partial charge in [-0.2, -0.15) is 0 Å². The molecule has 1 atom stereocenters. The van der Waals surface area contributed by atoms with E-state index in [1.54, 1.807) is 29.2 Å². The Morgan fingerprint density at radius 2 is 1.69 bits per heavy atom. The summed E-state index contributed by atoms with van der Waals surface area (Å²) in [7, 11) is -3.55. The molecule has 0 aromatic heterocycles. The highest BCUT2D eigenvalue weighted by Gasteiger charge is 2.29. The molecule has 0 radical (unpaired) electrons. The molecule has 1 N–H and O–H groups in total. The van der Waals surface area contributed by atoms with Crippen molar-refractivity contribution in [1.29, 1.82) is 0 Å². The summed E-state index contributed by atoms with van der Waals surface area (Å²) < 4.78 is 26.1. The van der Waals surface area contributed by atoms with Crippen molar-refractivity contribution < 1.29 is 18.0 Å². The Hall–Kier alpha value is -2.58. The minimum Gasteiger partial charge on any atom is -0.352 e. The molecular weight excluding hydrogens is 486 g/mol. The molecule has 9 heteroatoms. The number of carbonyl (C=O) groups excluding carboxylic acids is 2. The second-order valence-corrected chi connectivity index (χ2v) is 11.3. The quantitative estimate of drug-likeness (QED) is 0.444. The van der Waals surface area contributed by atoms with E-state index < -0.39 is 16.1 Å². The molecule has 0 aliphatic rings. The molecule has 0 unspecified atom stereocenters. The van der Waals surface area contributed by atoms with Crippen molar-refractivity contribution in [3.05, 3.63) is 64.7 Å². The first-order valence-corrected chi connectivity index (χ1v) is 14.0. The predicted octanol–water partition coefficient (Wildman–Crippen LogP) is 4.53. The number of anilines is 1. The number of sulfonamides is 1. The van der Waals surface area contributed by atoms with Crippen molar-refractivity contribution in [2.75, 3.05) is 17.1 Å². The molecule has 0 bridgehead atoms. The van der Waals surface area contributed by atoms with E-state index in [0.717, 1.165) is 17.4 Å². The first kappa shape index (κ1) is 28.7. The predicted molar refractivity (Wildman–Crippen MR) is 142 cm³/mol. The molecule has 2 aromatic rings. The third-order valence-electron chi connectivity index (χ3n) is 5.69. The zero-order valence-corrected chi connectivity index (χ0v) is 22.7. The van der Waals surface area contributed by atoms with E-state index in [0.29, 0.717) is 30.1 Å². The van der Waals surface area contributed by atoms with Crippen LogP contribution in [-0.4, -0.2) is 50.0 Å². The van der Waals surface area contributed by atoms with Gasteiger partial charge < -0.3 is 10.2 Å². The highest BCUT2D eigenvalue weighted by molar-refractivity contribution is 7.92. The van der Waals surface area contributed by atoms with Crippen molar-refractivity contribution in [3.8, 4) is 0 Å². The fourth-order valence-electron chi connectivity index (χ4n) is 3.88. The number of amides is 2. The lowest BCUT2D eigenvalue weighted by molar-refractivity contribution is -0.141. The van der Waals surface area contributed by atoms with Crippen LogP contribution in [0, 0.1) is 6.92 Å². The zero-order valence-electron chi connectivity index (χ0n) is 21.1. The van der Waals surface area contributed by atoms with Crippen molar-refractivity contribution in [1.82, 2.24) is 10.2 Å². The molecule has 0 aliphatic heterocycles. The molecule has 0 heterocycles. The standard InChI is InChI=1S/C26H36ClN3O4S/c1-6-24(26(32)28-19(2)3)29(18-21-11-8-7-10-20(21)4)25(31)12-9-17-30(35(5,33)34)23-15-13-22(27)14-16-23/h7-8,10-11,13-16,19,24H,6,9,12,17-18H2,1-5H3,(H,28,32)/t24-/m1/s1. The van der Waals surface area contributed by atoms with Gasteiger partial charge in [-0.1, -0.05) is 42.8 Å². The van der Waals surface area contributed by atoms with Gasteiger partial charge in [-0.3, -0.25) is 13.9 Å². The molecule has 0 aliphatic carbocycles. The SMILES string of the molecule is CC[C@H](C(=O)NC(C)C)N(Cc1ccccc1C)C(=O)CCCN(c1ccc(Cl)cc1)S(C)(=O)=O. The average Bonchev–Trinajstić information content (AvgIpc) is 2.77. The van der Waals surface area contributed by atoms with Crippen molar-refractivity contribution in [3.63, 3.8) is 0 Å². The lowest BCUT2D eigenvalue weighted by atomic mass is 10.0. The van der Waals surface area contributed by atoms with Crippen molar-refractivity contribution in [2.24, 2.45) is 0 Å². The van der Waals surface area contributed by atoms with Crippen LogP contribution in [-0.2, 0) is 26.2 Å². The van der Waals surface area contributed by atoms with E-state index in [1.807, 2.05) is 52.0 Å². The van der Waals surface area contributed by atoms with Crippen LogP contribution in [0.3, 0.4) is 0 Å². The Bertz CT molecular complexity index is 1100. The van der Waals surface area contributed by atoms with Gasteiger partial charge >= 0.3 is 0 Å². The van der Waals surface area contributed by atoms with Crippen LogP contribution >= 0.6 is 11.6 Å². The van der Waals surface area contributed by atoms with Crippen LogP contribution in [0.25, 0.3) is 0 Å². The Balaban J connectivity index is 2.22. The van der Waals surface area contributed by atoms with E-state index in [1.165, 1.54) is 4.31 Å². The number of aryl methyl sites for hydroxylation is 1. The fraction of sp³-hybridized carbons (Fsp3) is 0.462. The van der Waals surface area contributed by atoms with Crippen LogP contribution in [0.1, 0.15) is 51.2 Å². The van der Waals surface area contributed by atoms with Gasteiger partial charge in [0.15, 0.2) is 0 Å². The lowest BCUT2D eigenvalue weighted by Gasteiger charge is -2.32. The van der Waals surface area contributed by atoms with Gasteiger partial charge in [0.25, 0.3) is 0 Å². The normalized spacial score (nSPS) is 12.3. The molecule has 7 nitrogen and oxygen atoms in total. The Morgan fingerprint density at radius 1 is 1.06 bits per heavy atom. The highest BCUT2D eigenvalue weighted by Crippen LogP contribution is 2.22. The summed E-state index contributed by atoms with van der Waals surface area (Å²) in [5.41, 5.74) is 2.50. The third-order valence-corrected chi connectivity index (χ3v) is 7.13. The molecule has 192 valence electrons. The molecule has 0 saturated heterocycles. The van der Waals surface area contributed by atoms with Gasteiger partial charge in [0, 0.05) is 30.6 Å². The fourth-order valence-corrected chi connectivity index (χ4v) is 4.97. The molecule has 0 spiro atoms. The first-order chi connectivity index (χ1) is 16.4. The van der Waals surface area contributed by atoms with Crippen LogP contribution in [0.5, 0.6) is 0 Å². The van der Waals surface area contributed by atoms with Crippen LogP contribution in [0.4, 0.5) is 5.69 Å². The maximum Gasteiger partial charge on any atom is 0.243 e. The van der Waals surface area contributed by atoms with E-state index in [9.17, 15) is 18.0 Å². The van der Waals surface area contributed by atoms with Crippen LogP contribution in [0.15, 0.2) is 48.5 Å². The Kier molecular flexibility index (Phi) is 10.6. The molecule has 0 saturated carbocycles. The van der Waals surface area contributed by atoms with Gasteiger partial charge in [0.1, 0.15) is 6.04 Å². The number of nitrogens with one attached hydrogen (secondary N) is 1. The van der Waals surface area contributed by atoms with Gasteiger partial charge in [0.2, 0.25) is 21.8 Å². The van der Waals surface area contributed by atoms with Crippen molar-refractivity contribution in [2.45, 2.75) is 65.6 Å². The average molecular weight is 522 g/mol. The molecule has 35 heavy (non-hydrogen) atoms. The van der Waals surface area contributed by atoms with Gasteiger partial charge in [-0.25, -0.2) is 8.42 Å². The van der Waals surface area contributed by atoms with Gasteiger partial charge in [-0.15, -0.1) is 0 Å². The number of hydrogen-bond donors (Lipinski definition) is 1. The van der Waals surface area contributed by atoms with Gasteiger partial charge in [-0.05, 0) is 69.0 Å². The monoisotopic (exact) mass is 521 g/mol. The molecule has 2 amide bonds. The van der Waals surface area contributed by atoms with E-state index in [-0.39, 0.29) is 30.8 Å². The summed E-state index contributed by atoms with van der Waals surface area (Å²) in [4.78, 5) is 28.0. The summed E-state index contributed by atoms with van der Waals surface area (Å²) in [6.45, 7) is 8.07. The zero-order chi connectivity index (χ0) is 26.2. The smallest absolute Gasteiger partial charge is 0.243 e. The lowest BCUT2D eigenvalue weighted by Crippen LogP contribution is -2.50. The number of halogens is 1. The number of rotatable bonds is 12. The highest BCUT2D eigenvalue weighted by atomic mass is 35.5. The molecule has 0 fully saturated rings. The number of nitrogens with zero attached hydrogens (tertiary/aromatic N) is 2. The summed E-state index contributed by atoms with van der Waals surface area (Å²) >= 11 is 5.94. The second kappa shape index (κ2) is 12.9. The van der Waals surface area contributed by atoms with Gasteiger partial charge in [0.05, 0.1) is 11.9 Å². The maximum absolute atomic E-state index is 13.4. The van der Waals surface area contributed by atoms with Crippen LogP contribution in [0.2, 0.25) is 5.02 Å². The minimum atomic E-state index is -3.55. The minimum absolute atomic E-state index is 0.0466. The second-order valence-electron chi connectivity index (χ2n) is 8.95. The number of benzene rings is 2. The van der Waals surface area contributed by atoms with E-state index >= 15 is 0 Å². The number of hydrogen-bond acceptors (Lipinski definition) is 4. The van der Waals surface area contributed by atoms with E-state index in [2.05, 4.69) is 5.32 Å².